The molecule has 0 saturated heterocycles. The number of carboxylic acid groups (broad SMARTS) is 2. The fourth-order valence-electron chi connectivity index (χ4n) is 6.50. The number of carbonyl (C=O) groups is 2. The number of H-pyrrole nitrogens is 2. The monoisotopic (exact) mass is 625 g/mol. The van der Waals surface area contributed by atoms with Crippen LogP contribution in [0.15, 0.2) is 13.2 Å². The summed E-state index contributed by atoms with van der Waals surface area (Å²) in [7, 11) is 0. The molecule has 0 fully saturated rings. The molecular weight excluding hydrogens is 587 g/mol. The first-order valence-corrected chi connectivity index (χ1v) is 14.4. The maximum absolute atomic E-state index is 11.5. The van der Waals surface area contributed by atoms with E-state index in [1.807, 2.05) is 26.0 Å². The van der Waals surface area contributed by atoms with Crippen molar-refractivity contribution in [3.63, 3.8) is 0 Å². The molecule has 0 aromatic carbocycles. The van der Waals surface area contributed by atoms with Crippen LogP contribution in [-0.2, 0) is 64.9 Å². The summed E-state index contributed by atoms with van der Waals surface area (Å²) in [5.41, 5.74) is 16.0. The Morgan fingerprint density at radius 1 is 0.651 bits per heavy atom. The molecule has 1 aliphatic heterocycles. The summed E-state index contributed by atoms with van der Waals surface area (Å²) >= 11 is 0. The van der Waals surface area contributed by atoms with E-state index < -0.39 is 11.9 Å². The average molecular weight is 626 g/mol. The standard InChI is InChI=1S/C34H38N4O4.Co/c1-7-21-17(3)25-13-26-19(5)23(9-11-33(39)40)31(37-26)16-32-24(10-12-34(41)42)20(6)28(38-32)15-30-22(8-2)18(4)27(36-30)14-29(21)35-25;/h7-8,36-37H,1-2,9-16H2,3-6H3,(H,39,40)(H,41,42);/q-2;+2. The van der Waals surface area contributed by atoms with Crippen LogP contribution in [0.25, 0.3) is 12.2 Å². The van der Waals surface area contributed by atoms with Gasteiger partial charge in [-0.05, 0) is 94.0 Å². The van der Waals surface area contributed by atoms with Crippen molar-refractivity contribution in [2.75, 3.05) is 0 Å². The fraction of sp³-hybridized carbons (Fsp3) is 0.353. The number of hydrogen-bond acceptors (Lipinski definition) is 2. The fourth-order valence-corrected chi connectivity index (χ4v) is 6.50. The first-order chi connectivity index (χ1) is 20.0. The summed E-state index contributed by atoms with van der Waals surface area (Å²) in [5.74, 6) is -1.70. The van der Waals surface area contributed by atoms with Crippen LogP contribution in [0.2, 0.25) is 0 Å². The van der Waals surface area contributed by atoms with Crippen molar-refractivity contribution in [1.82, 2.24) is 19.9 Å². The average Bonchev–Trinajstić information content (AvgIpc) is 3.59. The third-order valence-corrected chi connectivity index (χ3v) is 8.94. The topological polar surface area (TPSA) is 134 Å². The maximum Gasteiger partial charge on any atom is 2.00 e. The predicted molar refractivity (Wildman–Crippen MR) is 163 cm³/mol. The molecule has 43 heavy (non-hydrogen) atoms. The van der Waals surface area contributed by atoms with Gasteiger partial charge in [-0.2, -0.15) is 17.1 Å². The Hall–Kier alpha value is -3.95. The number of aliphatic carboxylic acids is 2. The Bertz CT molecular complexity index is 1730. The van der Waals surface area contributed by atoms with Crippen LogP contribution in [0, 0.1) is 27.7 Å². The Kier molecular flexibility index (Phi) is 9.46. The quantitative estimate of drug-likeness (QED) is 0.180. The molecule has 1 radical (unpaired) electrons. The molecule has 4 N–H and O–H groups in total. The molecule has 4 aromatic heterocycles. The van der Waals surface area contributed by atoms with Crippen LogP contribution in [-0.4, -0.2) is 32.1 Å². The van der Waals surface area contributed by atoms with Gasteiger partial charge in [0.1, 0.15) is 0 Å². The van der Waals surface area contributed by atoms with Crippen molar-refractivity contribution >= 4 is 24.1 Å². The van der Waals surface area contributed by atoms with Gasteiger partial charge in [-0.1, -0.05) is 42.0 Å². The molecular formula is C34H38CoN4O4. The zero-order valence-electron chi connectivity index (χ0n) is 25.2. The minimum absolute atomic E-state index is 0. The van der Waals surface area contributed by atoms with E-state index in [0.717, 1.165) is 90.1 Å². The van der Waals surface area contributed by atoms with E-state index in [-0.39, 0.29) is 29.6 Å². The summed E-state index contributed by atoms with van der Waals surface area (Å²) in [6, 6.07) is 0. The van der Waals surface area contributed by atoms with E-state index in [1.165, 1.54) is 0 Å². The van der Waals surface area contributed by atoms with Gasteiger partial charge in [0.25, 0.3) is 0 Å². The van der Waals surface area contributed by atoms with Gasteiger partial charge in [-0.25, -0.2) is 0 Å². The van der Waals surface area contributed by atoms with E-state index in [2.05, 4.69) is 37.0 Å². The zero-order chi connectivity index (χ0) is 30.3. The van der Waals surface area contributed by atoms with Gasteiger partial charge >= 0.3 is 28.7 Å². The van der Waals surface area contributed by atoms with Crippen molar-refractivity contribution in [2.45, 2.75) is 79.1 Å². The zero-order valence-corrected chi connectivity index (χ0v) is 26.2. The molecule has 5 heterocycles. The molecule has 1 aliphatic rings. The van der Waals surface area contributed by atoms with Crippen molar-refractivity contribution in [3.8, 4) is 0 Å². The molecule has 9 heteroatoms. The number of rotatable bonds is 8. The number of aromatic nitrogens is 4. The van der Waals surface area contributed by atoms with Crippen LogP contribution in [0.4, 0.5) is 0 Å². The molecule has 0 atom stereocenters. The number of aromatic amines is 2. The minimum Gasteiger partial charge on any atom is -0.664 e. The van der Waals surface area contributed by atoms with E-state index in [0.29, 0.717) is 38.5 Å². The Balaban J connectivity index is 0.00000423. The Labute approximate surface area is 262 Å². The van der Waals surface area contributed by atoms with E-state index >= 15 is 0 Å². The summed E-state index contributed by atoms with van der Waals surface area (Å²) in [4.78, 5) is 40.6. The summed E-state index contributed by atoms with van der Waals surface area (Å²) in [5, 5.41) is 19.0. The molecule has 8 bridgehead atoms. The Morgan fingerprint density at radius 2 is 1.14 bits per heavy atom. The number of fused-ring (bicyclic) bond motifs is 8. The van der Waals surface area contributed by atoms with Crippen LogP contribution in [0.3, 0.4) is 0 Å². The van der Waals surface area contributed by atoms with Crippen LogP contribution in [0.5, 0.6) is 0 Å². The third-order valence-electron chi connectivity index (χ3n) is 8.94. The first kappa shape index (κ1) is 32.0. The van der Waals surface area contributed by atoms with Gasteiger partial charge in [-0.3, -0.25) is 9.59 Å². The normalized spacial score (nSPS) is 12.6. The second kappa shape index (κ2) is 12.7. The molecule has 4 aromatic rings. The van der Waals surface area contributed by atoms with Crippen LogP contribution < -0.4 is 9.97 Å². The summed E-state index contributed by atoms with van der Waals surface area (Å²) < 4.78 is 0. The van der Waals surface area contributed by atoms with Crippen LogP contribution in [0.1, 0.15) is 103 Å². The summed E-state index contributed by atoms with van der Waals surface area (Å²) in [6.07, 6.45) is 6.79. The minimum atomic E-state index is -0.851. The van der Waals surface area contributed by atoms with Crippen LogP contribution >= 0.6 is 0 Å². The summed E-state index contributed by atoms with van der Waals surface area (Å²) in [6.45, 7) is 16.4. The SMILES string of the molecule is C=Cc1c2[n-]c(c1C)Cc1[nH]c(c(CCC(=O)O)c1C)Cc1[n-]c(c(C)c1CCC(=O)O)Cc1[nH]c(c(C)c1C=C)C2.[Co+2]. The third kappa shape index (κ3) is 6.10. The second-order valence-electron chi connectivity index (χ2n) is 11.4. The second-order valence-corrected chi connectivity index (χ2v) is 11.4. The van der Waals surface area contributed by atoms with Gasteiger partial charge in [-0.15, -0.1) is 5.69 Å². The van der Waals surface area contributed by atoms with Gasteiger partial charge in [0.05, 0.1) is 0 Å². The molecule has 0 amide bonds. The number of hydrogen-bond donors (Lipinski definition) is 4. The van der Waals surface area contributed by atoms with Gasteiger partial charge in [0, 0.05) is 35.6 Å². The van der Waals surface area contributed by atoms with E-state index in [9.17, 15) is 19.8 Å². The number of carboxylic acids is 2. The molecule has 0 spiro atoms. The predicted octanol–water partition coefficient (Wildman–Crippen LogP) is 5.49. The van der Waals surface area contributed by atoms with Gasteiger partial charge in [0.2, 0.25) is 0 Å². The molecule has 227 valence electrons. The molecule has 0 unspecified atom stereocenters. The molecule has 5 rings (SSSR count). The van der Waals surface area contributed by atoms with Gasteiger partial charge < -0.3 is 30.1 Å². The number of nitrogens with one attached hydrogen (secondary N) is 2. The van der Waals surface area contributed by atoms with Gasteiger partial charge in [0.15, 0.2) is 0 Å². The van der Waals surface area contributed by atoms with E-state index in [1.54, 1.807) is 0 Å². The number of nitrogens with zero attached hydrogens (tertiary/aromatic N) is 2. The van der Waals surface area contributed by atoms with Crippen molar-refractivity contribution < 1.29 is 36.6 Å². The first-order valence-electron chi connectivity index (χ1n) is 14.4. The molecule has 0 aliphatic carbocycles. The van der Waals surface area contributed by atoms with E-state index in [4.69, 9.17) is 9.97 Å². The van der Waals surface area contributed by atoms with Crippen molar-refractivity contribution in [2.24, 2.45) is 0 Å². The largest absolute Gasteiger partial charge is 2.00 e. The molecule has 8 nitrogen and oxygen atoms in total. The Morgan fingerprint density at radius 3 is 1.77 bits per heavy atom. The van der Waals surface area contributed by atoms with Crippen molar-refractivity contribution in [1.29, 1.82) is 0 Å². The maximum atomic E-state index is 11.5. The van der Waals surface area contributed by atoms with Crippen molar-refractivity contribution in [3.05, 3.63) is 103 Å². The molecule has 0 saturated carbocycles. The smallest absolute Gasteiger partial charge is 0.664 e.